The Balaban J connectivity index is 3.01. The lowest BCUT2D eigenvalue weighted by Gasteiger charge is -2.25. The third-order valence-corrected chi connectivity index (χ3v) is 2.95. The van der Waals surface area contributed by atoms with E-state index in [1.54, 1.807) is 0 Å². The van der Waals surface area contributed by atoms with E-state index in [1.807, 2.05) is 0 Å². The molecule has 0 saturated heterocycles. The van der Waals surface area contributed by atoms with E-state index < -0.39 is 48.4 Å². The van der Waals surface area contributed by atoms with E-state index in [-0.39, 0.29) is 0 Å². The Bertz CT molecular complexity index is 340. The minimum Gasteiger partial charge on any atom is -0.481 e. The second-order valence-electron chi connectivity index (χ2n) is 4.01. The van der Waals surface area contributed by atoms with Crippen LogP contribution in [-0.2, 0) is 14.3 Å². The first-order valence-electron chi connectivity index (χ1n) is 4.72. The molecule has 0 bridgehead atoms. The molecule has 1 aliphatic carbocycles. The fraction of sp³-hybridized carbons (Fsp3) is 0.778. The molecule has 1 fully saturated rings. The van der Waals surface area contributed by atoms with Gasteiger partial charge in [-0.15, -0.1) is 0 Å². The van der Waals surface area contributed by atoms with E-state index in [9.17, 15) is 27.9 Å². The number of hydrogen-bond acceptors (Lipinski definition) is 4. The molecule has 0 amide bonds. The summed E-state index contributed by atoms with van der Waals surface area (Å²) in [6, 6.07) is 0. The molecule has 1 saturated carbocycles. The number of halogens is 3. The molecule has 1 unspecified atom stereocenters. The van der Waals surface area contributed by atoms with Crippen molar-refractivity contribution >= 4 is 11.9 Å². The Labute approximate surface area is 94.2 Å². The summed E-state index contributed by atoms with van der Waals surface area (Å²) in [5.74, 6) is -5.68. The normalized spacial score (nSPS) is 33.5. The molecule has 17 heavy (non-hydrogen) atoms. The van der Waals surface area contributed by atoms with Crippen molar-refractivity contribution in [3.8, 4) is 0 Å². The Morgan fingerprint density at radius 3 is 2.12 bits per heavy atom. The maximum absolute atomic E-state index is 12.5. The number of rotatable bonds is 2. The molecule has 0 radical (unpaired) electrons. The number of carboxylic acids is 1. The molecule has 98 valence electrons. The largest absolute Gasteiger partial charge is 0.481 e. The van der Waals surface area contributed by atoms with Crippen LogP contribution in [0, 0.1) is 11.8 Å². The van der Waals surface area contributed by atoms with Crippen LogP contribution in [0.5, 0.6) is 0 Å². The molecule has 2 N–H and O–H groups in total. The van der Waals surface area contributed by atoms with Gasteiger partial charge in [-0.2, -0.15) is 13.2 Å². The monoisotopic (exact) mass is 256 g/mol. The fourth-order valence-electron chi connectivity index (χ4n) is 1.99. The number of alkyl halides is 3. The second-order valence-corrected chi connectivity index (χ2v) is 4.01. The summed E-state index contributed by atoms with van der Waals surface area (Å²) in [5.41, 5.74) is -3.14. The van der Waals surface area contributed by atoms with Crippen LogP contribution in [0.2, 0.25) is 0 Å². The standard InChI is InChI=1S/C9H11F3O5/c1-17-7(15)5-3-8(16,9(10,11)12)2-4(5)6(13)14/h4-5,16H,2-3H2,1H3,(H,13,14)/t4-,5-,8?/m0/s1. The van der Waals surface area contributed by atoms with Gasteiger partial charge in [0, 0.05) is 0 Å². The Morgan fingerprint density at radius 2 is 1.76 bits per heavy atom. The number of aliphatic carboxylic acids is 1. The van der Waals surface area contributed by atoms with Crippen molar-refractivity contribution in [3.63, 3.8) is 0 Å². The van der Waals surface area contributed by atoms with E-state index in [0.717, 1.165) is 7.11 Å². The summed E-state index contributed by atoms with van der Waals surface area (Å²) >= 11 is 0. The number of ether oxygens (including phenoxy) is 1. The van der Waals surface area contributed by atoms with Crippen LogP contribution in [-0.4, -0.2) is 41.0 Å². The number of carbonyl (C=O) groups excluding carboxylic acids is 1. The molecular weight excluding hydrogens is 245 g/mol. The van der Waals surface area contributed by atoms with Gasteiger partial charge in [-0.3, -0.25) is 9.59 Å². The molecule has 0 aliphatic heterocycles. The topological polar surface area (TPSA) is 83.8 Å². The van der Waals surface area contributed by atoms with Crippen molar-refractivity contribution in [2.75, 3.05) is 7.11 Å². The van der Waals surface area contributed by atoms with Gasteiger partial charge in [0.25, 0.3) is 0 Å². The lowest BCUT2D eigenvalue weighted by Crippen LogP contribution is -2.43. The minimum absolute atomic E-state index is 0.951. The van der Waals surface area contributed by atoms with Gasteiger partial charge in [0.2, 0.25) is 0 Å². The van der Waals surface area contributed by atoms with E-state index in [1.165, 1.54) is 0 Å². The van der Waals surface area contributed by atoms with Gasteiger partial charge in [0.05, 0.1) is 18.9 Å². The first kappa shape index (κ1) is 13.8. The van der Waals surface area contributed by atoms with E-state index in [2.05, 4.69) is 4.74 Å². The van der Waals surface area contributed by atoms with Crippen LogP contribution in [0.4, 0.5) is 13.2 Å². The number of methoxy groups -OCH3 is 1. The van der Waals surface area contributed by atoms with Gasteiger partial charge in [-0.25, -0.2) is 0 Å². The van der Waals surface area contributed by atoms with Crippen LogP contribution in [0.1, 0.15) is 12.8 Å². The molecule has 0 spiro atoms. The highest BCUT2D eigenvalue weighted by Gasteiger charge is 2.63. The summed E-state index contributed by atoms with van der Waals surface area (Å²) in [4.78, 5) is 21.9. The fourth-order valence-corrected chi connectivity index (χ4v) is 1.99. The Kier molecular flexibility index (Phi) is 3.37. The zero-order valence-electron chi connectivity index (χ0n) is 8.82. The van der Waals surface area contributed by atoms with Gasteiger partial charge in [-0.1, -0.05) is 0 Å². The first-order valence-corrected chi connectivity index (χ1v) is 4.72. The molecule has 5 nitrogen and oxygen atoms in total. The van der Waals surface area contributed by atoms with Crippen LogP contribution in [0.15, 0.2) is 0 Å². The number of carbonyl (C=O) groups is 2. The smallest absolute Gasteiger partial charge is 0.417 e. The molecule has 3 atom stereocenters. The maximum Gasteiger partial charge on any atom is 0.417 e. The lowest BCUT2D eigenvalue weighted by atomic mass is 9.97. The highest BCUT2D eigenvalue weighted by molar-refractivity contribution is 5.82. The molecule has 0 heterocycles. The Hall–Kier alpha value is -1.31. The van der Waals surface area contributed by atoms with Crippen LogP contribution < -0.4 is 0 Å². The van der Waals surface area contributed by atoms with Gasteiger partial charge < -0.3 is 14.9 Å². The van der Waals surface area contributed by atoms with Gasteiger partial charge >= 0.3 is 18.1 Å². The predicted octanol–water partition coefficient (Wildman–Crippen LogP) is 0.564. The van der Waals surface area contributed by atoms with Crippen molar-refractivity contribution in [1.29, 1.82) is 0 Å². The summed E-state index contributed by atoms with van der Waals surface area (Å²) in [5, 5.41) is 18.1. The van der Waals surface area contributed by atoms with Crippen molar-refractivity contribution in [2.24, 2.45) is 11.8 Å². The molecule has 8 heteroatoms. The molecule has 1 aliphatic rings. The molecular formula is C9H11F3O5. The summed E-state index contributed by atoms with van der Waals surface area (Å²) in [6.07, 6.45) is -6.99. The second kappa shape index (κ2) is 4.17. The van der Waals surface area contributed by atoms with E-state index >= 15 is 0 Å². The number of hydrogen-bond donors (Lipinski definition) is 2. The molecule has 0 aromatic rings. The van der Waals surface area contributed by atoms with Gasteiger partial charge in [0.1, 0.15) is 0 Å². The van der Waals surface area contributed by atoms with Crippen LogP contribution in [0.25, 0.3) is 0 Å². The Morgan fingerprint density at radius 1 is 1.29 bits per heavy atom. The van der Waals surface area contributed by atoms with Crippen molar-refractivity contribution in [2.45, 2.75) is 24.6 Å². The van der Waals surface area contributed by atoms with Crippen molar-refractivity contribution in [3.05, 3.63) is 0 Å². The summed E-state index contributed by atoms with van der Waals surface area (Å²) in [7, 11) is 0.951. The molecule has 0 aromatic heterocycles. The summed E-state index contributed by atoms with van der Waals surface area (Å²) in [6.45, 7) is 0. The highest BCUT2D eigenvalue weighted by Crippen LogP contribution is 2.48. The number of aliphatic hydroxyl groups is 1. The quantitative estimate of drug-likeness (QED) is 0.705. The third kappa shape index (κ3) is 2.36. The van der Waals surface area contributed by atoms with Gasteiger partial charge in [-0.05, 0) is 12.8 Å². The first-order chi connectivity index (χ1) is 7.62. The van der Waals surface area contributed by atoms with Gasteiger partial charge in [0.15, 0.2) is 5.60 Å². The zero-order valence-corrected chi connectivity index (χ0v) is 8.82. The highest BCUT2D eigenvalue weighted by atomic mass is 19.4. The van der Waals surface area contributed by atoms with Crippen molar-refractivity contribution < 1.29 is 37.7 Å². The number of carboxylic acid groups (broad SMARTS) is 1. The van der Waals surface area contributed by atoms with Crippen LogP contribution in [0.3, 0.4) is 0 Å². The molecule has 1 rings (SSSR count). The maximum atomic E-state index is 12.5. The molecule has 0 aromatic carbocycles. The third-order valence-electron chi connectivity index (χ3n) is 2.95. The SMILES string of the molecule is COC(=O)[C@H]1CC(O)(C(F)(F)F)C[C@@H]1C(=O)O. The van der Waals surface area contributed by atoms with Crippen LogP contribution >= 0.6 is 0 Å². The zero-order chi connectivity index (χ0) is 13.4. The number of esters is 1. The van der Waals surface area contributed by atoms with Crippen molar-refractivity contribution in [1.82, 2.24) is 0 Å². The average Bonchev–Trinajstić information content (AvgIpc) is 2.56. The lowest BCUT2D eigenvalue weighted by molar-refractivity contribution is -0.258. The average molecular weight is 256 g/mol. The predicted molar refractivity (Wildman–Crippen MR) is 46.9 cm³/mol. The van der Waals surface area contributed by atoms with E-state index in [0.29, 0.717) is 0 Å². The van der Waals surface area contributed by atoms with E-state index in [4.69, 9.17) is 5.11 Å². The minimum atomic E-state index is -4.97. The summed E-state index contributed by atoms with van der Waals surface area (Å²) < 4.78 is 41.8.